The molecule has 1 N–H and O–H groups in total. The average Bonchev–Trinajstić information content (AvgIpc) is 3.09. The maximum Gasteiger partial charge on any atom is 0.241 e. The zero-order valence-electron chi connectivity index (χ0n) is 14.5. The van der Waals surface area contributed by atoms with E-state index in [0.717, 1.165) is 19.3 Å². The van der Waals surface area contributed by atoms with E-state index in [-0.39, 0.29) is 19.1 Å². The Kier molecular flexibility index (Phi) is 6.60. The van der Waals surface area contributed by atoms with Crippen LogP contribution >= 0.6 is 11.6 Å². The quantitative estimate of drug-likeness (QED) is 0.717. The average molecular weight is 376 g/mol. The fourth-order valence-corrected chi connectivity index (χ4v) is 2.94. The molecule has 1 aliphatic rings. The van der Waals surface area contributed by atoms with Crippen LogP contribution in [0.1, 0.15) is 37.9 Å². The smallest absolute Gasteiger partial charge is 0.241 e. The minimum Gasteiger partial charge on any atom is -0.486 e. The van der Waals surface area contributed by atoms with Crippen molar-refractivity contribution in [2.45, 2.75) is 45.3 Å². The molecule has 8 heteroatoms. The van der Waals surface area contributed by atoms with Gasteiger partial charge in [0.25, 0.3) is 0 Å². The number of hydrogen-bond donors (Lipinski definition) is 1. The summed E-state index contributed by atoms with van der Waals surface area (Å²) in [5, 5.41) is 15.0. The first-order valence-corrected chi connectivity index (χ1v) is 9.16. The van der Waals surface area contributed by atoms with Gasteiger partial charge in [-0.15, -0.1) is 5.10 Å². The summed E-state index contributed by atoms with van der Waals surface area (Å²) in [4.78, 5) is 12.1. The minimum absolute atomic E-state index is 0.0748. The first kappa shape index (κ1) is 18.4. The Hall–Kier alpha value is -2.41. The van der Waals surface area contributed by atoms with Crippen LogP contribution in [0, 0.1) is 0 Å². The van der Waals surface area contributed by atoms with Gasteiger partial charge in [0.2, 0.25) is 5.91 Å². The van der Waals surface area contributed by atoms with Crippen molar-refractivity contribution in [3.8, 4) is 5.75 Å². The van der Waals surface area contributed by atoms with Crippen LogP contribution in [0.4, 0.5) is 0 Å². The molecule has 0 atom stereocenters. The third-order valence-electron chi connectivity index (χ3n) is 4.23. The van der Waals surface area contributed by atoms with Crippen molar-refractivity contribution >= 4 is 17.5 Å². The van der Waals surface area contributed by atoms with E-state index >= 15 is 0 Å². The number of hydrogen-bond acceptors (Lipinski definition) is 5. The van der Waals surface area contributed by atoms with Gasteiger partial charge in [-0.05, 0) is 66.8 Å². The Morgan fingerprint density at radius 3 is 2.88 bits per heavy atom. The molecule has 1 heterocycles. The molecular weight excluding hydrogens is 354 g/mol. The Labute approximate surface area is 157 Å². The number of tetrazole rings is 1. The van der Waals surface area contributed by atoms with Crippen molar-refractivity contribution in [1.29, 1.82) is 0 Å². The molecule has 0 radical (unpaired) electrons. The number of aromatic nitrogens is 4. The van der Waals surface area contributed by atoms with Crippen LogP contribution < -0.4 is 10.1 Å². The Morgan fingerprint density at radius 2 is 2.12 bits per heavy atom. The molecule has 0 unspecified atom stereocenters. The number of carbonyl (C=O) groups excluding carboxylic acids is 1. The van der Waals surface area contributed by atoms with Crippen molar-refractivity contribution in [3.63, 3.8) is 0 Å². The van der Waals surface area contributed by atoms with Gasteiger partial charge in [-0.25, -0.2) is 4.68 Å². The van der Waals surface area contributed by atoms with Crippen molar-refractivity contribution in [2.75, 3.05) is 6.54 Å². The number of benzene rings is 1. The Morgan fingerprint density at radius 1 is 1.27 bits per heavy atom. The molecule has 26 heavy (non-hydrogen) atoms. The van der Waals surface area contributed by atoms with Gasteiger partial charge in [0.05, 0.1) is 0 Å². The standard InChI is InChI=1S/C18H22ClN5O2/c19-15-6-8-16(9-7-15)26-13-17-21-22-23-24(17)12-18(25)20-11-10-14-4-2-1-3-5-14/h4,6-9H,1-3,5,10-13H2,(H,20,25). The number of ether oxygens (including phenoxy) is 1. The van der Waals surface area contributed by atoms with E-state index in [9.17, 15) is 4.79 Å². The number of nitrogens with zero attached hydrogens (tertiary/aromatic N) is 4. The zero-order chi connectivity index (χ0) is 18.2. The molecular formula is C18H22ClN5O2. The van der Waals surface area contributed by atoms with Gasteiger partial charge in [-0.1, -0.05) is 23.3 Å². The molecule has 1 aromatic heterocycles. The fraction of sp³-hybridized carbons (Fsp3) is 0.444. The second kappa shape index (κ2) is 9.33. The third kappa shape index (κ3) is 5.56. The van der Waals surface area contributed by atoms with Crippen molar-refractivity contribution in [2.24, 2.45) is 0 Å². The monoisotopic (exact) mass is 375 g/mol. The second-order valence-corrected chi connectivity index (χ2v) is 6.64. The number of nitrogens with one attached hydrogen (secondary N) is 1. The lowest BCUT2D eigenvalue weighted by Gasteiger charge is -2.13. The van der Waals surface area contributed by atoms with E-state index in [1.54, 1.807) is 24.3 Å². The summed E-state index contributed by atoms with van der Waals surface area (Å²) in [6.45, 7) is 0.892. The van der Waals surface area contributed by atoms with Crippen LogP contribution in [-0.2, 0) is 17.9 Å². The highest BCUT2D eigenvalue weighted by atomic mass is 35.5. The van der Waals surface area contributed by atoms with Gasteiger partial charge in [0.1, 0.15) is 18.9 Å². The third-order valence-corrected chi connectivity index (χ3v) is 4.49. The van der Waals surface area contributed by atoms with Crippen molar-refractivity contribution in [1.82, 2.24) is 25.5 Å². The van der Waals surface area contributed by atoms with E-state index in [2.05, 4.69) is 26.9 Å². The van der Waals surface area contributed by atoms with E-state index in [0.29, 0.717) is 23.1 Å². The van der Waals surface area contributed by atoms with Gasteiger partial charge in [0.15, 0.2) is 5.82 Å². The predicted molar refractivity (Wildman–Crippen MR) is 97.8 cm³/mol. The van der Waals surface area contributed by atoms with Gasteiger partial charge >= 0.3 is 0 Å². The molecule has 0 aliphatic heterocycles. The molecule has 0 saturated heterocycles. The van der Waals surface area contributed by atoms with Crippen LogP contribution in [-0.4, -0.2) is 32.7 Å². The maximum atomic E-state index is 12.1. The van der Waals surface area contributed by atoms with E-state index in [1.807, 2.05) is 0 Å². The minimum atomic E-state index is -0.110. The van der Waals surface area contributed by atoms with Gasteiger partial charge in [-0.3, -0.25) is 4.79 Å². The Balaban J connectivity index is 1.44. The second-order valence-electron chi connectivity index (χ2n) is 6.20. The van der Waals surface area contributed by atoms with Gasteiger partial charge in [-0.2, -0.15) is 0 Å². The van der Waals surface area contributed by atoms with Gasteiger partial charge in [0, 0.05) is 11.6 Å². The van der Waals surface area contributed by atoms with E-state index in [1.165, 1.54) is 23.1 Å². The first-order valence-electron chi connectivity index (χ1n) is 8.79. The molecule has 2 aromatic rings. The molecule has 0 saturated carbocycles. The normalized spacial score (nSPS) is 14.0. The predicted octanol–water partition coefficient (Wildman–Crippen LogP) is 2.91. The molecule has 1 aromatic carbocycles. The molecule has 1 aliphatic carbocycles. The number of amides is 1. The van der Waals surface area contributed by atoms with Crippen LogP contribution in [0.15, 0.2) is 35.9 Å². The highest BCUT2D eigenvalue weighted by molar-refractivity contribution is 6.30. The number of halogens is 1. The summed E-state index contributed by atoms with van der Waals surface area (Å²) in [6.07, 6.45) is 8.04. The lowest BCUT2D eigenvalue weighted by Crippen LogP contribution is -2.30. The summed E-state index contributed by atoms with van der Waals surface area (Å²) in [5.41, 5.74) is 1.44. The van der Waals surface area contributed by atoms with Crippen molar-refractivity contribution < 1.29 is 9.53 Å². The van der Waals surface area contributed by atoms with Gasteiger partial charge < -0.3 is 10.1 Å². The molecule has 3 rings (SSSR count). The number of carbonyl (C=O) groups is 1. The summed E-state index contributed by atoms with van der Waals surface area (Å²) >= 11 is 5.85. The molecule has 0 bridgehead atoms. The van der Waals surface area contributed by atoms with Crippen LogP contribution in [0.25, 0.3) is 0 Å². The lowest BCUT2D eigenvalue weighted by atomic mass is 9.97. The molecule has 0 spiro atoms. The SMILES string of the molecule is O=C(Cn1nnnc1COc1ccc(Cl)cc1)NCCC1=CCCCC1. The van der Waals surface area contributed by atoms with Crippen LogP contribution in [0.2, 0.25) is 5.02 Å². The van der Waals surface area contributed by atoms with Crippen LogP contribution in [0.3, 0.4) is 0 Å². The lowest BCUT2D eigenvalue weighted by molar-refractivity contribution is -0.121. The largest absolute Gasteiger partial charge is 0.486 e. The number of rotatable bonds is 8. The summed E-state index contributed by atoms with van der Waals surface area (Å²) < 4.78 is 7.08. The van der Waals surface area contributed by atoms with Crippen LogP contribution in [0.5, 0.6) is 5.75 Å². The van der Waals surface area contributed by atoms with Crippen molar-refractivity contribution in [3.05, 3.63) is 46.8 Å². The summed E-state index contributed by atoms with van der Waals surface area (Å²) in [7, 11) is 0. The van der Waals surface area contributed by atoms with E-state index in [4.69, 9.17) is 16.3 Å². The zero-order valence-corrected chi connectivity index (χ0v) is 15.3. The fourth-order valence-electron chi connectivity index (χ4n) is 2.81. The number of allylic oxidation sites excluding steroid dienone is 1. The highest BCUT2D eigenvalue weighted by Crippen LogP contribution is 2.19. The molecule has 0 fully saturated rings. The summed E-state index contributed by atoms with van der Waals surface area (Å²) in [5.74, 6) is 1.04. The first-order chi connectivity index (χ1) is 12.7. The maximum absolute atomic E-state index is 12.1. The Bertz CT molecular complexity index is 757. The topological polar surface area (TPSA) is 81.9 Å². The van der Waals surface area contributed by atoms with E-state index < -0.39 is 0 Å². The molecule has 1 amide bonds. The summed E-state index contributed by atoms with van der Waals surface area (Å²) in [6, 6.07) is 7.02. The molecule has 138 valence electrons. The highest BCUT2D eigenvalue weighted by Gasteiger charge is 2.11. The molecule has 7 nitrogen and oxygen atoms in total.